The monoisotopic (exact) mass is 290 g/mol. The first-order valence-electron chi connectivity index (χ1n) is 8.11. The van der Waals surface area contributed by atoms with Crippen molar-refractivity contribution in [2.75, 3.05) is 30.4 Å². The maximum Gasteiger partial charge on any atom is 0.163 e. The number of benzene rings is 1. The first-order valence-corrected chi connectivity index (χ1v) is 8.11. The van der Waals surface area contributed by atoms with Crippen LogP contribution in [-0.4, -0.2) is 25.8 Å². The summed E-state index contributed by atoms with van der Waals surface area (Å²) < 4.78 is 11.4. The number of hydrogen-bond donors (Lipinski definition) is 1. The molecule has 116 valence electrons. The lowest BCUT2D eigenvalue weighted by Crippen LogP contribution is -2.37. The Morgan fingerprint density at radius 2 is 1.76 bits per heavy atom. The zero-order chi connectivity index (χ0) is 14.8. The van der Waals surface area contributed by atoms with Crippen molar-refractivity contribution < 1.29 is 9.47 Å². The number of nitrogens with two attached hydrogens (primary N) is 1. The third-order valence-electron chi connectivity index (χ3n) is 4.33. The van der Waals surface area contributed by atoms with Gasteiger partial charge in [0.05, 0.1) is 11.4 Å². The van der Waals surface area contributed by atoms with Gasteiger partial charge in [0.25, 0.3) is 0 Å². The highest BCUT2D eigenvalue weighted by molar-refractivity contribution is 5.73. The average Bonchev–Trinajstić information content (AvgIpc) is 2.98. The first-order chi connectivity index (χ1) is 10.1. The molecule has 0 aromatic heterocycles. The van der Waals surface area contributed by atoms with E-state index < -0.39 is 0 Å². The van der Waals surface area contributed by atoms with Crippen molar-refractivity contribution in [3.63, 3.8) is 0 Å². The van der Waals surface area contributed by atoms with Gasteiger partial charge in [0, 0.05) is 24.7 Å². The van der Waals surface area contributed by atoms with Gasteiger partial charge in [-0.3, -0.25) is 0 Å². The molecule has 1 aliphatic carbocycles. The highest BCUT2D eigenvalue weighted by atomic mass is 16.6. The molecule has 21 heavy (non-hydrogen) atoms. The fraction of sp³-hybridized carbons (Fsp3) is 0.647. The number of ether oxygens (including phenoxy) is 2. The van der Waals surface area contributed by atoms with Gasteiger partial charge in [-0.2, -0.15) is 0 Å². The fourth-order valence-electron chi connectivity index (χ4n) is 3.40. The number of rotatable bonds is 4. The van der Waals surface area contributed by atoms with Crippen LogP contribution in [0.1, 0.15) is 39.5 Å². The Balaban J connectivity index is 1.93. The summed E-state index contributed by atoms with van der Waals surface area (Å²) in [5.41, 5.74) is 8.22. The SMILES string of the molecule is CC(C)CN(c1cc2c(cc1N)OCCO2)C1CCCC1. The molecule has 2 aliphatic rings. The zero-order valence-corrected chi connectivity index (χ0v) is 13.1. The van der Waals surface area contributed by atoms with Crippen LogP contribution in [0, 0.1) is 5.92 Å². The lowest BCUT2D eigenvalue weighted by molar-refractivity contribution is 0.171. The third-order valence-corrected chi connectivity index (χ3v) is 4.33. The van der Waals surface area contributed by atoms with Crippen LogP contribution in [0.4, 0.5) is 11.4 Å². The van der Waals surface area contributed by atoms with Gasteiger partial charge in [-0.1, -0.05) is 26.7 Å². The van der Waals surface area contributed by atoms with E-state index in [0.717, 1.165) is 29.4 Å². The minimum atomic E-state index is 0.601. The lowest BCUT2D eigenvalue weighted by Gasteiger charge is -2.34. The predicted octanol–water partition coefficient (Wildman–Crippen LogP) is 3.45. The van der Waals surface area contributed by atoms with Crippen molar-refractivity contribution in [3.05, 3.63) is 12.1 Å². The van der Waals surface area contributed by atoms with Crippen LogP contribution in [0.3, 0.4) is 0 Å². The zero-order valence-electron chi connectivity index (χ0n) is 13.1. The van der Waals surface area contributed by atoms with Crippen molar-refractivity contribution in [1.82, 2.24) is 0 Å². The maximum atomic E-state index is 6.31. The van der Waals surface area contributed by atoms with Gasteiger partial charge in [-0.15, -0.1) is 0 Å². The summed E-state index contributed by atoms with van der Waals surface area (Å²) >= 11 is 0. The van der Waals surface area contributed by atoms with Crippen LogP contribution < -0.4 is 20.1 Å². The maximum absolute atomic E-state index is 6.31. The van der Waals surface area contributed by atoms with Crippen LogP contribution in [0.2, 0.25) is 0 Å². The topological polar surface area (TPSA) is 47.7 Å². The second-order valence-corrected chi connectivity index (χ2v) is 6.54. The molecule has 4 heteroatoms. The molecular weight excluding hydrogens is 264 g/mol. The molecule has 1 aliphatic heterocycles. The third kappa shape index (κ3) is 3.04. The molecule has 4 nitrogen and oxygen atoms in total. The van der Waals surface area contributed by atoms with Crippen LogP contribution in [-0.2, 0) is 0 Å². The number of nitrogen functional groups attached to an aromatic ring is 1. The Labute approximate surface area is 127 Å². The number of hydrogen-bond acceptors (Lipinski definition) is 4. The second kappa shape index (κ2) is 6.04. The van der Waals surface area contributed by atoms with Gasteiger partial charge in [0.1, 0.15) is 13.2 Å². The molecule has 0 bridgehead atoms. The van der Waals surface area contributed by atoms with Crippen molar-refractivity contribution in [3.8, 4) is 11.5 Å². The molecule has 0 spiro atoms. The average molecular weight is 290 g/mol. The normalized spacial score (nSPS) is 18.2. The minimum Gasteiger partial charge on any atom is -0.486 e. The Bertz CT molecular complexity index is 496. The van der Waals surface area contributed by atoms with E-state index in [2.05, 4.69) is 24.8 Å². The molecule has 1 aromatic carbocycles. The standard InChI is InChI=1S/C17H26N2O2/c1-12(2)11-19(13-5-3-4-6-13)15-10-17-16(9-14(15)18)20-7-8-21-17/h9-10,12-13H,3-8,11,18H2,1-2H3. The number of fused-ring (bicyclic) bond motifs is 1. The quantitative estimate of drug-likeness (QED) is 0.863. The molecule has 0 amide bonds. The second-order valence-electron chi connectivity index (χ2n) is 6.54. The molecule has 3 rings (SSSR count). The summed E-state index contributed by atoms with van der Waals surface area (Å²) in [5, 5.41) is 0. The van der Waals surface area contributed by atoms with E-state index in [9.17, 15) is 0 Å². The first kappa shape index (κ1) is 14.4. The molecule has 0 unspecified atom stereocenters. The largest absolute Gasteiger partial charge is 0.486 e. The Morgan fingerprint density at radius 3 is 2.38 bits per heavy atom. The highest BCUT2D eigenvalue weighted by Gasteiger charge is 2.26. The van der Waals surface area contributed by atoms with Gasteiger partial charge < -0.3 is 20.1 Å². The summed E-state index contributed by atoms with van der Waals surface area (Å²) in [7, 11) is 0. The van der Waals surface area contributed by atoms with E-state index in [4.69, 9.17) is 15.2 Å². The highest BCUT2D eigenvalue weighted by Crippen LogP contribution is 2.41. The van der Waals surface area contributed by atoms with Crippen molar-refractivity contribution >= 4 is 11.4 Å². The summed E-state index contributed by atoms with van der Waals surface area (Å²) in [6.07, 6.45) is 5.18. The molecule has 1 fully saturated rings. The molecule has 1 heterocycles. The minimum absolute atomic E-state index is 0.601. The Hall–Kier alpha value is -1.58. The van der Waals surface area contributed by atoms with E-state index in [1.807, 2.05) is 6.07 Å². The molecule has 0 saturated heterocycles. The van der Waals surface area contributed by atoms with E-state index in [-0.39, 0.29) is 0 Å². The van der Waals surface area contributed by atoms with E-state index >= 15 is 0 Å². The predicted molar refractivity (Wildman–Crippen MR) is 86.3 cm³/mol. The van der Waals surface area contributed by atoms with Gasteiger partial charge in [0.2, 0.25) is 0 Å². The molecule has 1 aromatic rings. The molecule has 0 radical (unpaired) electrons. The van der Waals surface area contributed by atoms with E-state index in [1.54, 1.807) is 0 Å². The summed E-state index contributed by atoms with van der Waals surface area (Å²) in [6.45, 7) is 6.77. The Kier molecular flexibility index (Phi) is 4.13. The van der Waals surface area contributed by atoms with E-state index in [0.29, 0.717) is 25.2 Å². The van der Waals surface area contributed by atoms with Crippen LogP contribution >= 0.6 is 0 Å². The number of anilines is 2. The lowest BCUT2D eigenvalue weighted by atomic mass is 10.1. The van der Waals surface area contributed by atoms with Crippen LogP contribution in [0.25, 0.3) is 0 Å². The molecule has 0 atom stereocenters. The van der Waals surface area contributed by atoms with Crippen molar-refractivity contribution in [1.29, 1.82) is 0 Å². The Morgan fingerprint density at radius 1 is 1.14 bits per heavy atom. The summed E-state index contributed by atoms with van der Waals surface area (Å²) in [6, 6.07) is 4.61. The smallest absolute Gasteiger partial charge is 0.163 e. The fourth-order valence-corrected chi connectivity index (χ4v) is 3.40. The molecule has 2 N–H and O–H groups in total. The molecule has 1 saturated carbocycles. The van der Waals surface area contributed by atoms with E-state index in [1.165, 1.54) is 25.7 Å². The van der Waals surface area contributed by atoms with Crippen molar-refractivity contribution in [2.45, 2.75) is 45.6 Å². The van der Waals surface area contributed by atoms with Gasteiger partial charge in [-0.05, 0) is 18.8 Å². The summed E-state index contributed by atoms with van der Waals surface area (Å²) in [5.74, 6) is 2.22. The van der Waals surface area contributed by atoms with Gasteiger partial charge in [-0.25, -0.2) is 0 Å². The number of nitrogens with zero attached hydrogens (tertiary/aromatic N) is 1. The van der Waals surface area contributed by atoms with Gasteiger partial charge >= 0.3 is 0 Å². The van der Waals surface area contributed by atoms with Crippen LogP contribution in [0.15, 0.2) is 12.1 Å². The van der Waals surface area contributed by atoms with Gasteiger partial charge in [0.15, 0.2) is 11.5 Å². The van der Waals surface area contributed by atoms with Crippen LogP contribution in [0.5, 0.6) is 11.5 Å². The van der Waals surface area contributed by atoms with Crippen molar-refractivity contribution in [2.24, 2.45) is 5.92 Å². The molecular formula is C17H26N2O2. The summed E-state index contributed by atoms with van der Waals surface area (Å²) in [4.78, 5) is 2.49.